The summed E-state index contributed by atoms with van der Waals surface area (Å²) in [6.07, 6.45) is 1.86. The van der Waals surface area contributed by atoms with E-state index in [9.17, 15) is 5.11 Å². The fraction of sp³-hybridized carbons (Fsp3) is 0.400. The quantitative estimate of drug-likeness (QED) is 0.590. The zero-order chi connectivity index (χ0) is 13.2. The Morgan fingerprint density at radius 1 is 1.16 bits per heavy atom. The van der Waals surface area contributed by atoms with Gasteiger partial charge >= 0.3 is 0 Å². The van der Waals surface area contributed by atoms with E-state index < -0.39 is 0 Å². The number of fused-ring (bicyclic) bond motifs is 1. The number of rotatable bonds is 2. The van der Waals surface area contributed by atoms with Crippen LogP contribution in [-0.4, -0.2) is 38.3 Å². The molecule has 0 bridgehead atoms. The van der Waals surface area contributed by atoms with Crippen molar-refractivity contribution in [2.24, 2.45) is 0 Å². The van der Waals surface area contributed by atoms with Crippen molar-refractivity contribution in [3.8, 4) is 5.75 Å². The minimum Gasteiger partial charge on any atom is -0.502 e. The second-order valence-corrected chi connectivity index (χ2v) is 5.59. The molecular weight excluding hydrogens is 238 g/mol. The van der Waals surface area contributed by atoms with Gasteiger partial charge < -0.3 is 14.9 Å². The van der Waals surface area contributed by atoms with Crippen LogP contribution in [0.25, 0.3) is 10.9 Å². The standard InChI is InChI=1S/C15H19N3O/c1-17-7-9-18(10-8-17)11-13-5-4-12-3-2-6-16-14(12)15(13)19/h2-6,19H,7-11H2,1H3/p+3. The van der Waals surface area contributed by atoms with Gasteiger partial charge in [-0.05, 0) is 18.2 Å². The normalized spacial score (nSPS) is 23.6. The van der Waals surface area contributed by atoms with E-state index in [1.165, 1.54) is 26.2 Å². The number of piperazine rings is 1. The summed E-state index contributed by atoms with van der Waals surface area (Å²) in [5.74, 6) is 0.414. The van der Waals surface area contributed by atoms with Crippen LogP contribution < -0.4 is 14.8 Å². The van der Waals surface area contributed by atoms with E-state index in [4.69, 9.17) is 0 Å². The number of aromatic nitrogens is 1. The van der Waals surface area contributed by atoms with Crippen LogP contribution in [0.15, 0.2) is 30.5 Å². The third kappa shape index (κ3) is 2.55. The number of benzene rings is 1. The molecule has 1 fully saturated rings. The van der Waals surface area contributed by atoms with Gasteiger partial charge in [0, 0.05) is 6.07 Å². The maximum Gasteiger partial charge on any atom is 0.253 e. The predicted octanol–water partition coefficient (Wildman–Crippen LogP) is -1.73. The van der Waals surface area contributed by atoms with Gasteiger partial charge in [-0.1, -0.05) is 0 Å². The van der Waals surface area contributed by atoms with E-state index in [0.717, 1.165) is 23.0 Å². The molecule has 2 aromatic rings. The molecule has 0 aliphatic carbocycles. The Hall–Kier alpha value is -1.65. The molecule has 4 heteroatoms. The lowest BCUT2D eigenvalue weighted by Gasteiger charge is -2.27. The van der Waals surface area contributed by atoms with Gasteiger partial charge in [0.2, 0.25) is 0 Å². The second-order valence-electron chi connectivity index (χ2n) is 5.59. The van der Waals surface area contributed by atoms with Crippen molar-refractivity contribution < 1.29 is 19.9 Å². The summed E-state index contributed by atoms with van der Waals surface area (Å²) < 4.78 is 0. The van der Waals surface area contributed by atoms with Crippen LogP contribution in [-0.2, 0) is 6.54 Å². The number of hydrogen-bond donors (Lipinski definition) is 3. The lowest BCUT2D eigenvalue weighted by molar-refractivity contribution is -1.01. The number of quaternary nitrogens is 2. The van der Waals surface area contributed by atoms with E-state index >= 15 is 0 Å². The van der Waals surface area contributed by atoms with Crippen molar-refractivity contribution in [2.75, 3.05) is 33.2 Å². The molecule has 0 saturated carbocycles. The molecular formula is C15H22N3O+3. The SMILES string of the molecule is C[NH+]1CC[NH+](Cc2ccc3ccc[nH+]c3c2O)CC1. The summed E-state index contributed by atoms with van der Waals surface area (Å²) in [5, 5.41) is 11.4. The lowest BCUT2D eigenvalue weighted by atomic mass is 10.1. The zero-order valence-corrected chi connectivity index (χ0v) is 11.4. The molecule has 2 heterocycles. The minimum atomic E-state index is 0.414. The average molecular weight is 260 g/mol. The Balaban J connectivity index is 1.83. The smallest absolute Gasteiger partial charge is 0.253 e. The molecule has 3 rings (SSSR count). The first kappa shape index (κ1) is 12.4. The Kier molecular flexibility index (Phi) is 3.36. The highest BCUT2D eigenvalue weighted by Crippen LogP contribution is 2.24. The molecule has 1 aliphatic heterocycles. The predicted molar refractivity (Wildman–Crippen MR) is 73.2 cm³/mol. The van der Waals surface area contributed by atoms with Crippen molar-refractivity contribution in [3.63, 3.8) is 0 Å². The highest BCUT2D eigenvalue weighted by atomic mass is 16.3. The van der Waals surface area contributed by atoms with E-state index in [0.29, 0.717) is 5.75 Å². The summed E-state index contributed by atoms with van der Waals surface area (Å²) in [7, 11) is 2.25. The molecule has 0 atom stereocenters. The molecule has 0 amide bonds. The summed E-state index contributed by atoms with van der Waals surface area (Å²) in [6, 6.07) is 8.11. The molecule has 1 aliphatic rings. The van der Waals surface area contributed by atoms with Gasteiger partial charge in [0.05, 0.1) is 18.0 Å². The van der Waals surface area contributed by atoms with Crippen LogP contribution in [0.1, 0.15) is 5.56 Å². The zero-order valence-electron chi connectivity index (χ0n) is 11.4. The van der Waals surface area contributed by atoms with Crippen LogP contribution >= 0.6 is 0 Å². The molecule has 0 spiro atoms. The van der Waals surface area contributed by atoms with Crippen LogP contribution in [0.5, 0.6) is 5.75 Å². The van der Waals surface area contributed by atoms with E-state index in [1.807, 2.05) is 18.3 Å². The van der Waals surface area contributed by atoms with Gasteiger partial charge in [-0.2, -0.15) is 0 Å². The van der Waals surface area contributed by atoms with Crippen LogP contribution in [0.4, 0.5) is 0 Å². The third-order valence-electron chi connectivity index (χ3n) is 4.14. The van der Waals surface area contributed by atoms with E-state index in [2.05, 4.69) is 24.2 Å². The lowest BCUT2D eigenvalue weighted by Crippen LogP contribution is -3.26. The number of aromatic amines is 1. The Morgan fingerprint density at radius 3 is 2.74 bits per heavy atom. The summed E-state index contributed by atoms with van der Waals surface area (Å²) in [6.45, 7) is 5.72. The second kappa shape index (κ2) is 5.15. The third-order valence-corrected chi connectivity index (χ3v) is 4.14. The molecule has 100 valence electrons. The molecule has 1 aromatic heterocycles. The number of nitrogens with one attached hydrogen (secondary N) is 3. The fourth-order valence-corrected chi connectivity index (χ4v) is 2.84. The topological polar surface area (TPSA) is 43.2 Å². The maximum absolute atomic E-state index is 10.4. The fourth-order valence-electron chi connectivity index (χ4n) is 2.84. The van der Waals surface area contributed by atoms with Gasteiger partial charge in [-0.3, -0.25) is 0 Å². The molecule has 0 unspecified atom stereocenters. The summed E-state index contributed by atoms with van der Waals surface area (Å²) in [4.78, 5) is 6.32. The molecule has 1 aromatic carbocycles. The highest BCUT2D eigenvalue weighted by molar-refractivity contribution is 5.82. The van der Waals surface area contributed by atoms with Crippen molar-refractivity contribution >= 4 is 10.9 Å². The summed E-state index contributed by atoms with van der Waals surface area (Å²) >= 11 is 0. The minimum absolute atomic E-state index is 0.414. The first-order chi connectivity index (χ1) is 9.24. The molecule has 1 saturated heterocycles. The number of H-pyrrole nitrogens is 1. The largest absolute Gasteiger partial charge is 0.502 e. The Bertz CT molecular complexity index is 577. The monoisotopic (exact) mass is 260 g/mol. The summed E-state index contributed by atoms with van der Waals surface area (Å²) in [5.41, 5.74) is 1.89. The van der Waals surface area contributed by atoms with Gasteiger partial charge in [-0.25, -0.2) is 4.98 Å². The van der Waals surface area contributed by atoms with Crippen LogP contribution in [0.3, 0.4) is 0 Å². The number of phenolic OH excluding ortho intramolecular Hbond substituents is 1. The van der Waals surface area contributed by atoms with Crippen molar-refractivity contribution in [1.29, 1.82) is 0 Å². The molecule has 4 nitrogen and oxygen atoms in total. The average Bonchev–Trinajstić information content (AvgIpc) is 2.45. The number of aromatic hydroxyl groups is 1. The first-order valence-electron chi connectivity index (χ1n) is 7.00. The molecule has 19 heavy (non-hydrogen) atoms. The molecule has 4 N–H and O–H groups in total. The Morgan fingerprint density at radius 2 is 1.95 bits per heavy atom. The van der Waals surface area contributed by atoms with Gasteiger partial charge in [0.25, 0.3) is 5.52 Å². The van der Waals surface area contributed by atoms with E-state index in [1.54, 1.807) is 9.80 Å². The van der Waals surface area contributed by atoms with Crippen LogP contribution in [0, 0.1) is 0 Å². The van der Waals surface area contributed by atoms with Crippen molar-refractivity contribution in [3.05, 3.63) is 36.0 Å². The molecule has 0 radical (unpaired) electrons. The Labute approximate surface area is 113 Å². The van der Waals surface area contributed by atoms with Crippen molar-refractivity contribution in [1.82, 2.24) is 0 Å². The van der Waals surface area contributed by atoms with Gasteiger partial charge in [0.1, 0.15) is 32.7 Å². The number of hydrogen-bond acceptors (Lipinski definition) is 1. The van der Waals surface area contributed by atoms with Gasteiger partial charge in [0.15, 0.2) is 11.9 Å². The number of pyridine rings is 1. The maximum atomic E-state index is 10.4. The number of likely N-dealkylation sites (N-methyl/N-ethyl adjacent to an activating group) is 1. The highest BCUT2D eigenvalue weighted by Gasteiger charge is 2.22. The van der Waals surface area contributed by atoms with Crippen LogP contribution in [0.2, 0.25) is 0 Å². The number of phenols is 1. The van der Waals surface area contributed by atoms with E-state index in [-0.39, 0.29) is 0 Å². The van der Waals surface area contributed by atoms with Crippen molar-refractivity contribution in [2.45, 2.75) is 6.54 Å². The first-order valence-corrected chi connectivity index (χ1v) is 7.00. The van der Waals surface area contributed by atoms with Gasteiger partial charge in [-0.15, -0.1) is 0 Å².